The fourth-order valence-corrected chi connectivity index (χ4v) is 3.87. The first kappa shape index (κ1) is 28.1. The maximum Gasteiger partial charge on any atom is 0.326 e. The van der Waals surface area contributed by atoms with Gasteiger partial charge in [0.25, 0.3) is 0 Å². The Labute approximate surface area is 204 Å². The lowest BCUT2D eigenvalue weighted by Gasteiger charge is -2.27. The molecule has 1 fully saturated rings. The van der Waals surface area contributed by atoms with Crippen LogP contribution in [0, 0.1) is 5.92 Å². The third-order valence-electron chi connectivity index (χ3n) is 5.77. The number of rotatable bonds is 12. The Morgan fingerprint density at radius 1 is 1.00 bits per heavy atom. The van der Waals surface area contributed by atoms with Crippen LogP contribution in [0.25, 0.3) is 0 Å². The number of carboxylic acids is 1. The van der Waals surface area contributed by atoms with Crippen molar-refractivity contribution in [1.29, 1.82) is 0 Å². The van der Waals surface area contributed by atoms with Crippen LogP contribution in [-0.4, -0.2) is 75.8 Å². The van der Waals surface area contributed by atoms with Gasteiger partial charge in [0.1, 0.15) is 23.9 Å². The van der Waals surface area contributed by atoms with Gasteiger partial charge in [-0.15, -0.1) is 0 Å². The molecule has 5 atom stereocenters. The molecule has 194 valence electrons. The van der Waals surface area contributed by atoms with E-state index in [4.69, 9.17) is 0 Å². The molecule has 35 heavy (non-hydrogen) atoms. The zero-order valence-electron chi connectivity index (χ0n) is 20.3. The normalized spacial score (nSPS) is 18.8. The van der Waals surface area contributed by atoms with Gasteiger partial charge in [-0.3, -0.25) is 14.4 Å². The molecule has 1 aliphatic heterocycles. The molecule has 11 nitrogen and oxygen atoms in total. The van der Waals surface area contributed by atoms with Crippen LogP contribution in [0.3, 0.4) is 0 Å². The molecule has 0 spiro atoms. The summed E-state index contributed by atoms with van der Waals surface area (Å²) in [4.78, 5) is 50.2. The Bertz CT molecular complexity index is 882. The fraction of sp³-hybridized carbons (Fsp3) is 0.583. The van der Waals surface area contributed by atoms with Crippen molar-refractivity contribution in [3.8, 4) is 5.75 Å². The van der Waals surface area contributed by atoms with Gasteiger partial charge in [0, 0.05) is 6.42 Å². The zero-order chi connectivity index (χ0) is 26.1. The molecule has 5 unspecified atom stereocenters. The molecule has 7 N–H and O–H groups in total. The monoisotopic (exact) mass is 492 g/mol. The Balaban J connectivity index is 2.08. The summed E-state index contributed by atoms with van der Waals surface area (Å²) in [5.74, 6) is -3.03. The highest BCUT2D eigenvalue weighted by molar-refractivity contribution is 5.94. The SMILES string of the molecule is CC(C)CC(NC(=O)C1CCCN1)C(=O)NC(C(=O)NC(Cc1ccc(O)cc1)C(=O)O)C(C)O. The number of aliphatic carboxylic acids is 1. The largest absolute Gasteiger partial charge is 0.508 e. The van der Waals surface area contributed by atoms with E-state index in [1.807, 2.05) is 13.8 Å². The second-order valence-electron chi connectivity index (χ2n) is 9.34. The second-order valence-corrected chi connectivity index (χ2v) is 9.34. The number of carbonyl (C=O) groups is 4. The molecule has 0 saturated carbocycles. The van der Waals surface area contributed by atoms with E-state index < -0.39 is 42.0 Å². The predicted octanol–water partition coefficient (Wildman–Crippen LogP) is -0.347. The van der Waals surface area contributed by atoms with E-state index in [2.05, 4.69) is 21.3 Å². The molecule has 0 aliphatic carbocycles. The number of aliphatic hydroxyl groups excluding tert-OH is 1. The van der Waals surface area contributed by atoms with Crippen molar-refractivity contribution in [2.45, 2.75) is 76.7 Å². The van der Waals surface area contributed by atoms with Crippen LogP contribution in [0.5, 0.6) is 5.75 Å². The van der Waals surface area contributed by atoms with Crippen molar-refractivity contribution in [3.05, 3.63) is 29.8 Å². The van der Waals surface area contributed by atoms with E-state index in [1.165, 1.54) is 31.2 Å². The zero-order valence-corrected chi connectivity index (χ0v) is 20.3. The Morgan fingerprint density at radius 3 is 2.17 bits per heavy atom. The van der Waals surface area contributed by atoms with Gasteiger partial charge in [-0.1, -0.05) is 26.0 Å². The van der Waals surface area contributed by atoms with Gasteiger partial charge >= 0.3 is 5.97 Å². The number of hydrogen-bond acceptors (Lipinski definition) is 7. The van der Waals surface area contributed by atoms with E-state index in [1.54, 1.807) is 0 Å². The summed E-state index contributed by atoms with van der Waals surface area (Å²) in [5, 5.41) is 39.8. The van der Waals surface area contributed by atoms with Crippen molar-refractivity contribution in [2.24, 2.45) is 5.92 Å². The highest BCUT2D eigenvalue weighted by Gasteiger charge is 2.33. The molecule has 1 heterocycles. The third-order valence-corrected chi connectivity index (χ3v) is 5.77. The Hall–Kier alpha value is -3.18. The van der Waals surface area contributed by atoms with Crippen LogP contribution in [0.2, 0.25) is 0 Å². The number of nitrogens with one attached hydrogen (secondary N) is 4. The average Bonchev–Trinajstić information content (AvgIpc) is 3.32. The minimum atomic E-state index is -1.43. The molecule has 11 heteroatoms. The van der Waals surface area contributed by atoms with Crippen LogP contribution in [-0.2, 0) is 25.6 Å². The number of aromatic hydroxyl groups is 1. The van der Waals surface area contributed by atoms with Crippen molar-refractivity contribution >= 4 is 23.7 Å². The number of amides is 3. The first-order valence-electron chi connectivity index (χ1n) is 11.8. The first-order valence-corrected chi connectivity index (χ1v) is 11.8. The number of carboxylic acid groups (broad SMARTS) is 1. The van der Waals surface area contributed by atoms with Crippen molar-refractivity contribution in [3.63, 3.8) is 0 Å². The minimum absolute atomic E-state index is 0.0216. The predicted molar refractivity (Wildman–Crippen MR) is 127 cm³/mol. The van der Waals surface area contributed by atoms with Gasteiger partial charge in [-0.05, 0) is 56.3 Å². The summed E-state index contributed by atoms with van der Waals surface area (Å²) in [6.45, 7) is 5.80. The quantitative estimate of drug-likeness (QED) is 0.207. The standard InChI is InChI=1S/C24H36N4O7/c1-13(2)11-18(26-21(31)17-5-4-10-25-17)22(32)28-20(14(3)29)23(33)27-19(24(34)35)12-15-6-8-16(30)9-7-15/h6-9,13-14,17-20,25,29-30H,4-5,10-12H2,1-3H3,(H,26,31)(H,27,33)(H,28,32)(H,34,35). The summed E-state index contributed by atoms with van der Waals surface area (Å²) < 4.78 is 0. The molecule has 1 saturated heterocycles. The number of phenolic OH excluding ortho intramolecular Hbond substituents is 1. The first-order chi connectivity index (χ1) is 16.5. The number of carbonyl (C=O) groups excluding carboxylic acids is 3. The summed E-state index contributed by atoms with van der Waals surface area (Å²) in [5.41, 5.74) is 0.563. The number of benzene rings is 1. The van der Waals surface area contributed by atoms with Gasteiger partial charge in [0.15, 0.2) is 0 Å². The highest BCUT2D eigenvalue weighted by Crippen LogP contribution is 2.12. The van der Waals surface area contributed by atoms with Crippen LogP contribution in [0.1, 0.15) is 45.6 Å². The molecular formula is C24H36N4O7. The summed E-state index contributed by atoms with van der Waals surface area (Å²) in [7, 11) is 0. The third kappa shape index (κ3) is 8.84. The number of phenols is 1. The summed E-state index contributed by atoms with van der Waals surface area (Å²) in [6.07, 6.45) is 0.449. The van der Waals surface area contributed by atoms with Crippen molar-refractivity contribution in [1.82, 2.24) is 21.3 Å². The van der Waals surface area contributed by atoms with Gasteiger partial charge in [0.2, 0.25) is 17.7 Å². The average molecular weight is 493 g/mol. The van der Waals surface area contributed by atoms with Crippen LogP contribution in [0.15, 0.2) is 24.3 Å². The minimum Gasteiger partial charge on any atom is -0.508 e. The molecule has 3 amide bonds. The lowest BCUT2D eigenvalue weighted by atomic mass is 10.0. The molecule has 1 aromatic rings. The van der Waals surface area contributed by atoms with Crippen LogP contribution < -0.4 is 21.3 Å². The lowest BCUT2D eigenvalue weighted by molar-refractivity contribution is -0.143. The van der Waals surface area contributed by atoms with E-state index in [0.29, 0.717) is 18.4 Å². The smallest absolute Gasteiger partial charge is 0.326 e. The maximum atomic E-state index is 13.0. The molecule has 1 aromatic carbocycles. The van der Waals surface area contributed by atoms with Gasteiger partial charge < -0.3 is 36.6 Å². The molecular weight excluding hydrogens is 456 g/mol. The molecule has 2 rings (SSSR count). The fourth-order valence-electron chi connectivity index (χ4n) is 3.87. The van der Waals surface area contributed by atoms with E-state index >= 15 is 0 Å². The summed E-state index contributed by atoms with van der Waals surface area (Å²) in [6, 6.07) is 1.80. The van der Waals surface area contributed by atoms with Crippen molar-refractivity contribution in [2.75, 3.05) is 6.54 Å². The maximum absolute atomic E-state index is 13.0. The summed E-state index contributed by atoms with van der Waals surface area (Å²) >= 11 is 0. The van der Waals surface area contributed by atoms with E-state index in [-0.39, 0.29) is 30.0 Å². The van der Waals surface area contributed by atoms with Gasteiger partial charge in [-0.2, -0.15) is 0 Å². The van der Waals surface area contributed by atoms with Gasteiger partial charge in [0.05, 0.1) is 12.1 Å². The molecule has 0 radical (unpaired) electrons. The van der Waals surface area contributed by atoms with E-state index in [9.17, 15) is 34.5 Å². The molecule has 0 bridgehead atoms. The van der Waals surface area contributed by atoms with Crippen LogP contribution >= 0.6 is 0 Å². The van der Waals surface area contributed by atoms with Crippen molar-refractivity contribution < 1.29 is 34.5 Å². The lowest BCUT2D eigenvalue weighted by Crippen LogP contribution is -2.60. The topological polar surface area (TPSA) is 177 Å². The van der Waals surface area contributed by atoms with Gasteiger partial charge in [-0.25, -0.2) is 4.79 Å². The number of hydrogen-bond donors (Lipinski definition) is 7. The van der Waals surface area contributed by atoms with E-state index in [0.717, 1.165) is 13.0 Å². The van der Waals surface area contributed by atoms with Crippen LogP contribution in [0.4, 0.5) is 0 Å². The highest BCUT2D eigenvalue weighted by atomic mass is 16.4. The number of aliphatic hydroxyl groups is 1. The second kappa shape index (κ2) is 13.1. The Kier molecular flexibility index (Phi) is 10.5. The molecule has 0 aromatic heterocycles. The molecule has 1 aliphatic rings. The Morgan fingerprint density at radius 2 is 1.66 bits per heavy atom.